The molecular formula is C20H13ClN4O4. The summed E-state index contributed by atoms with van der Waals surface area (Å²) in [6, 6.07) is 15.0. The molecule has 0 saturated heterocycles. The number of rotatable bonds is 4. The molecule has 0 amide bonds. The Labute approximate surface area is 169 Å². The molecule has 0 N–H and O–H groups in total. The van der Waals surface area contributed by atoms with Crippen LogP contribution < -0.4 is 0 Å². The van der Waals surface area contributed by atoms with Crippen LogP contribution in [-0.4, -0.2) is 26.6 Å². The van der Waals surface area contributed by atoms with E-state index in [0.717, 1.165) is 5.69 Å². The number of esters is 1. The maximum absolute atomic E-state index is 12.3. The third-order valence-corrected chi connectivity index (χ3v) is 4.62. The molecule has 0 bridgehead atoms. The molecule has 0 atom stereocenters. The molecule has 2 aromatic carbocycles. The van der Waals surface area contributed by atoms with Crippen molar-refractivity contribution in [3.8, 4) is 5.69 Å². The van der Waals surface area contributed by atoms with Crippen molar-refractivity contribution in [2.24, 2.45) is 4.99 Å². The number of hydrogen-bond acceptors (Lipinski definition) is 6. The average molecular weight is 409 g/mol. The number of aromatic nitrogens is 2. The molecule has 1 aliphatic rings. The molecule has 144 valence electrons. The van der Waals surface area contributed by atoms with Crippen LogP contribution in [0.1, 0.15) is 16.8 Å². The van der Waals surface area contributed by atoms with Gasteiger partial charge < -0.3 is 4.74 Å². The molecular weight excluding hydrogens is 396 g/mol. The summed E-state index contributed by atoms with van der Waals surface area (Å²) in [7, 11) is 0. The standard InChI is InChI=1S/C20H13ClN4O4/c1-12-16(18(21)24(23-12)14-7-3-2-4-8-14)11-17-20(26)29-19(22-17)13-6-5-9-15(10-13)25(27)28/h2-11H,1H3/b17-11-. The summed E-state index contributed by atoms with van der Waals surface area (Å²) in [6.45, 7) is 1.77. The van der Waals surface area contributed by atoms with Crippen molar-refractivity contribution in [2.75, 3.05) is 0 Å². The van der Waals surface area contributed by atoms with E-state index in [0.29, 0.717) is 22.0 Å². The summed E-state index contributed by atoms with van der Waals surface area (Å²) in [5.41, 5.74) is 2.16. The fourth-order valence-electron chi connectivity index (χ4n) is 2.84. The van der Waals surface area contributed by atoms with Crippen LogP contribution in [0.4, 0.5) is 5.69 Å². The second-order valence-corrected chi connectivity index (χ2v) is 6.54. The van der Waals surface area contributed by atoms with Crippen LogP contribution >= 0.6 is 11.6 Å². The Bertz CT molecular complexity index is 1200. The average Bonchev–Trinajstić information content (AvgIpc) is 3.23. The number of non-ortho nitro benzene ring substituents is 1. The van der Waals surface area contributed by atoms with E-state index in [-0.39, 0.29) is 17.3 Å². The number of nitrogens with zero attached hydrogens (tertiary/aromatic N) is 4. The maximum Gasteiger partial charge on any atom is 0.363 e. The molecule has 1 aliphatic heterocycles. The van der Waals surface area contributed by atoms with Gasteiger partial charge in [0.2, 0.25) is 5.90 Å². The third kappa shape index (κ3) is 3.53. The minimum absolute atomic E-state index is 0.00539. The molecule has 0 unspecified atom stereocenters. The zero-order valence-corrected chi connectivity index (χ0v) is 15.8. The lowest BCUT2D eigenvalue weighted by molar-refractivity contribution is -0.384. The summed E-state index contributed by atoms with van der Waals surface area (Å²) in [4.78, 5) is 26.9. The van der Waals surface area contributed by atoms with Crippen molar-refractivity contribution in [3.63, 3.8) is 0 Å². The van der Waals surface area contributed by atoms with E-state index in [1.54, 1.807) is 17.7 Å². The lowest BCUT2D eigenvalue weighted by Crippen LogP contribution is -2.05. The summed E-state index contributed by atoms with van der Waals surface area (Å²) in [6.07, 6.45) is 1.50. The zero-order chi connectivity index (χ0) is 20.5. The quantitative estimate of drug-likeness (QED) is 0.280. The predicted molar refractivity (Wildman–Crippen MR) is 107 cm³/mol. The van der Waals surface area contributed by atoms with E-state index in [1.807, 2.05) is 30.3 Å². The van der Waals surface area contributed by atoms with Crippen molar-refractivity contribution < 1.29 is 14.5 Å². The van der Waals surface area contributed by atoms with E-state index in [1.165, 1.54) is 24.3 Å². The van der Waals surface area contributed by atoms with Gasteiger partial charge in [-0.2, -0.15) is 5.10 Å². The van der Waals surface area contributed by atoms with Gasteiger partial charge in [0.15, 0.2) is 5.70 Å². The van der Waals surface area contributed by atoms with Crippen LogP contribution in [0.5, 0.6) is 0 Å². The molecule has 0 radical (unpaired) electrons. The first kappa shape index (κ1) is 18.6. The molecule has 0 aliphatic carbocycles. The molecule has 1 aromatic heterocycles. The molecule has 8 nitrogen and oxygen atoms in total. The minimum Gasteiger partial charge on any atom is -0.402 e. The second-order valence-electron chi connectivity index (χ2n) is 6.18. The number of benzene rings is 2. The van der Waals surface area contributed by atoms with Gasteiger partial charge in [-0.15, -0.1) is 0 Å². The maximum atomic E-state index is 12.3. The van der Waals surface area contributed by atoms with Crippen LogP contribution in [0.15, 0.2) is 65.3 Å². The fraction of sp³-hybridized carbons (Fsp3) is 0.0500. The first-order valence-corrected chi connectivity index (χ1v) is 8.90. The lowest BCUT2D eigenvalue weighted by atomic mass is 10.2. The molecule has 2 heterocycles. The number of nitro benzene ring substituents is 1. The van der Waals surface area contributed by atoms with Crippen molar-refractivity contribution in [3.05, 3.63) is 92.4 Å². The van der Waals surface area contributed by atoms with Gasteiger partial charge in [-0.05, 0) is 31.2 Å². The Morgan fingerprint density at radius 1 is 1.17 bits per heavy atom. The number of carbonyl (C=O) groups is 1. The molecule has 0 saturated carbocycles. The van der Waals surface area contributed by atoms with Crippen molar-refractivity contribution >= 4 is 35.2 Å². The van der Waals surface area contributed by atoms with E-state index in [4.69, 9.17) is 16.3 Å². The lowest BCUT2D eigenvalue weighted by Gasteiger charge is -2.01. The highest BCUT2D eigenvalue weighted by atomic mass is 35.5. The Morgan fingerprint density at radius 2 is 1.93 bits per heavy atom. The summed E-state index contributed by atoms with van der Waals surface area (Å²) < 4.78 is 6.75. The first-order chi connectivity index (χ1) is 13.9. The van der Waals surface area contributed by atoms with Crippen LogP contribution in [0.25, 0.3) is 11.8 Å². The number of ether oxygens (including phenoxy) is 1. The van der Waals surface area contributed by atoms with Crippen molar-refractivity contribution in [1.29, 1.82) is 0 Å². The normalized spacial score (nSPS) is 14.8. The van der Waals surface area contributed by atoms with E-state index >= 15 is 0 Å². The van der Waals surface area contributed by atoms with Gasteiger partial charge in [0.1, 0.15) is 5.15 Å². The monoisotopic (exact) mass is 408 g/mol. The predicted octanol–water partition coefficient (Wildman–Crippen LogP) is 4.09. The molecule has 4 rings (SSSR count). The van der Waals surface area contributed by atoms with Crippen molar-refractivity contribution in [1.82, 2.24) is 9.78 Å². The molecule has 0 spiro atoms. The second kappa shape index (κ2) is 7.33. The number of hydrogen-bond donors (Lipinski definition) is 0. The third-order valence-electron chi connectivity index (χ3n) is 4.25. The smallest absolute Gasteiger partial charge is 0.363 e. The van der Waals surface area contributed by atoms with Gasteiger partial charge in [0.25, 0.3) is 5.69 Å². The van der Waals surface area contributed by atoms with E-state index < -0.39 is 10.9 Å². The molecule has 0 fully saturated rings. The number of aliphatic imine (C=N–C) groups is 1. The summed E-state index contributed by atoms with van der Waals surface area (Å²) in [5.74, 6) is -0.677. The molecule has 29 heavy (non-hydrogen) atoms. The highest BCUT2D eigenvalue weighted by Crippen LogP contribution is 2.28. The summed E-state index contributed by atoms with van der Waals surface area (Å²) >= 11 is 6.48. The Balaban J connectivity index is 1.72. The Hall–Kier alpha value is -3.78. The number of cyclic esters (lactones) is 1. The van der Waals surface area contributed by atoms with E-state index in [2.05, 4.69) is 10.1 Å². The molecule has 9 heteroatoms. The van der Waals surface area contributed by atoms with Gasteiger partial charge in [-0.3, -0.25) is 10.1 Å². The number of halogens is 1. The molecule has 3 aromatic rings. The number of para-hydroxylation sites is 1. The Kier molecular flexibility index (Phi) is 4.69. The first-order valence-electron chi connectivity index (χ1n) is 8.52. The Morgan fingerprint density at radius 3 is 2.66 bits per heavy atom. The van der Waals surface area contributed by atoms with Gasteiger partial charge in [-0.25, -0.2) is 14.5 Å². The van der Waals surface area contributed by atoms with E-state index in [9.17, 15) is 14.9 Å². The van der Waals surface area contributed by atoms with Crippen LogP contribution in [-0.2, 0) is 9.53 Å². The van der Waals surface area contributed by atoms with Gasteiger partial charge in [0.05, 0.1) is 16.3 Å². The topological polar surface area (TPSA) is 99.6 Å². The van der Waals surface area contributed by atoms with Gasteiger partial charge >= 0.3 is 5.97 Å². The fourth-order valence-corrected chi connectivity index (χ4v) is 3.16. The van der Waals surface area contributed by atoms with Crippen molar-refractivity contribution in [2.45, 2.75) is 6.92 Å². The number of aryl methyl sites for hydroxylation is 1. The van der Waals surface area contributed by atoms with Crippen LogP contribution in [0, 0.1) is 17.0 Å². The highest BCUT2D eigenvalue weighted by Gasteiger charge is 2.26. The zero-order valence-electron chi connectivity index (χ0n) is 15.1. The number of carbonyl (C=O) groups excluding carboxylic acids is 1. The van der Waals surface area contributed by atoms with Crippen LogP contribution in [0.2, 0.25) is 5.15 Å². The minimum atomic E-state index is -0.672. The van der Waals surface area contributed by atoms with Gasteiger partial charge in [-0.1, -0.05) is 35.9 Å². The van der Waals surface area contributed by atoms with Gasteiger partial charge in [0, 0.05) is 23.3 Å². The number of nitro groups is 1. The largest absolute Gasteiger partial charge is 0.402 e. The highest BCUT2D eigenvalue weighted by molar-refractivity contribution is 6.31. The summed E-state index contributed by atoms with van der Waals surface area (Å²) in [5, 5.41) is 15.7. The SMILES string of the molecule is Cc1nn(-c2ccccc2)c(Cl)c1/C=C1\N=C(c2cccc([N+](=O)[O-])c2)OC1=O. The van der Waals surface area contributed by atoms with Crippen LogP contribution in [0.3, 0.4) is 0 Å².